The number of ether oxygens (including phenoxy) is 2. The first kappa shape index (κ1) is 19.4. The van der Waals surface area contributed by atoms with Crippen LogP contribution >= 0.6 is 27.5 Å². The van der Waals surface area contributed by atoms with Crippen LogP contribution in [0.3, 0.4) is 0 Å². The predicted molar refractivity (Wildman–Crippen MR) is 103 cm³/mol. The van der Waals surface area contributed by atoms with E-state index in [4.69, 9.17) is 16.3 Å². The lowest BCUT2D eigenvalue weighted by Crippen LogP contribution is -2.37. The van der Waals surface area contributed by atoms with Gasteiger partial charge in [-0.3, -0.25) is 4.79 Å². The number of nitrogens with one attached hydrogen (secondary N) is 1. The van der Waals surface area contributed by atoms with E-state index >= 15 is 0 Å². The zero-order chi connectivity index (χ0) is 19.9. The van der Waals surface area contributed by atoms with Crippen LogP contribution in [-0.4, -0.2) is 41.8 Å². The van der Waals surface area contributed by atoms with Crippen LogP contribution in [0.2, 0.25) is 0 Å². The number of amides is 1. The van der Waals surface area contributed by atoms with Gasteiger partial charge in [-0.1, -0.05) is 0 Å². The molecule has 0 unspecified atom stereocenters. The lowest BCUT2D eigenvalue weighted by atomic mass is 10.2. The molecule has 4 rings (SSSR count). The summed E-state index contributed by atoms with van der Waals surface area (Å²) in [6.45, 7) is 1.48. The van der Waals surface area contributed by atoms with Gasteiger partial charge < -0.3 is 19.7 Å². The molecule has 0 radical (unpaired) electrons. The van der Waals surface area contributed by atoms with Crippen LogP contribution in [0.4, 0.5) is 20.3 Å². The fourth-order valence-electron chi connectivity index (χ4n) is 3.37. The molecule has 1 aromatic carbocycles. The Labute approximate surface area is 172 Å². The second-order valence-corrected chi connectivity index (χ2v) is 7.85. The summed E-state index contributed by atoms with van der Waals surface area (Å²) in [4.78, 5) is 19.1. The topological polar surface area (TPSA) is 63.7 Å². The van der Waals surface area contributed by atoms with Crippen LogP contribution in [0.5, 0.6) is 5.75 Å². The van der Waals surface area contributed by atoms with Gasteiger partial charge in [-0.25, -0.2) is 4.98 Å². The third-order valence-electron chi connectivity index (χ3n) is 4.60. The van der Waals surface area contributed by atoms with Crippen molar-refractivity contribution in [3.8, 4) is 5.75 Å². The molecule has 28 heavy (non-hydrogen) atoms. The average molecular weight is 475 g/mol. The fraction of sp³-hybridized carbons (Fsp3) is 0.333. The number of halogens is 4. The molecule has 148 valence electrons. The van der Waals surface area contributed by atoms with E-state index in [-0.39, 0.29) is 17.8 Å². The lowest BCUT2D eigenvalue weighted by Gasteiger charge is -2.28. The normalized spacial score (nSPS) is 21.1. The van der Waals surface area contributed by atoms with E-state index in [9.17, 15) is 13.6 Å². The molecule has 3 heterocycles. The number of carbonyl (C=O) groups is 1. The molecule has 10 heteroatoms. The molecular weight excluding hydrogens is 460 g/mol. The number of nitrogens with zero attached hydrogens (tertiary/aromatic N) is 2. The van der Waals surface area contributed by atoms with Crippen LogP contribution in [0.15, 0.2) is 41.0 Å². The summed E-state index contributed by atoms with van der Waals surface area (Å²) in [6.07, 6.45) is 2.74. The standard InChI is InChI=1S/C18H15BrClF2N3O3/c19-15-5-10(7-23-16(15)25-8-14-6-12(25)9-27-14)17(26)24-11-1-3-13(4-2-11)28-18(20,21)22/h1-5,7,12,14H,6,8-9H2,(H,24,26)/t12-,14-/m1/s1. The zero-order valence-corrected chi connectivity index (χ0v) is 16.7. The van der Waals surface area contributed by atoms with E-state index in [1.807, 2.05) is 0 Å². The van der Waals surface area contributed by atoms with E-state index in [0.717, 1.165) is 23.3 Å². The van der Waals surface area contributed by atoms with Crippen molar-refractivity contribution in [3.05, 3.63) is 46.6 Å². The average Bonchev–Trinajstić information content (AvgIpc) is 3.25. The molecule has 2 atom stereocenters. The second kappa shape index (κ2) is 7.46. The molecule has 0 saturated carbocycles. The molecular formula is C18H15BrClF2N3O3. The fourth-order valence-corrected chi connectivity index (χ4v) is 4.03. The van der Waals surface area contributed by atoms with Crippen LogP contribution < -0.4 is 15.0 Å². The first-order valence-electron chi connectivity index (χ1n) is 8.49. The summed E-state index contributed by atoms with van der Waals surface area (Å²) < 4.78 is 35.8. The number of alkyl halides is 3. The number of morpholine rings is 1. The zero-order valence-electron chi connectivity index (χ0n) is 14.4. The molecule has 2 bridgehead atoms. The highest BCUT2D eigenvalue weighted by atomic mass is 79.9. The lowest BCUT2D eigenvalue weighted by molar-refractivity contribution is -0.0964. The van der Waals surface area contributed by atoms with Gasteiger partial charge in [0.05, 0.1) is 28.8 Å². The van der Waals surface area contributed by atoms with E-state index in [0.29, 0.717) is 23.9 Å². The Balaban J connectivity index is 1.43. The molecule has 6 nitrogen and oxygen atoms in total. The van der Waals surface area contributed by atoms with Gasteiger partial charge in [-0.05, 0) is 52.7 Å². The Morgan fingerprint density at radius 2 is 2.14 bits per heavy atom. The summed E-state index contributed by atoms with van der Waals surface area (Å²) in [6, 6.07) is 7.47. The maximum absolute atomic E-state index is 12.6. The van der Waals surface area contributed by atoms with E-state index < -0.39 is 5.57 Å². The third kappa shape index (κ3) is 4.21. The van der Waals surface area contributed by atoms with Crippen molar-refractivity contribution < 1.29 is 23.0 Å². The van der Waals surface area contributed by atoms with Gasteiger partial charge in [-0.2, -0.15) is 0 Å². The number of rotatable bonds is 5. The highest BCUT2D eigenvalue weighted by molar-refractivity contribution is 9.10. The molecule has 2 aromatic rings. The number of hydrogen-bond donors (Lipinski definition) is 1. The van der Waals surface area contributed by atoms with Gasteiger partial charge in [0.15, 0.2) is 0 Å². The molecule has 2 fully saturated rings. The summed E-state index contributed by atoms with van der Waals surface area (Å²) >= 11 is 8.21. The number of carbonyl (C=O) groups excluding carboxylic acids is 1. The number of fused-ring (bicyclic) bond motifs is 2. The maximum Gasteiger partial charge on any atom is 0.487 e. The van der Waals surface area contributed by atoms with Gasteiger partial charge in [0.25, 0.3) is 5.91 Å². The van der Waals surface area contributed by atoms with Gasteiger partial charge in [-0.15, -0.1) is 8.78 Å². The van der Waals surface area contributed by atoms with Crippen LogP contribution in [0.1, 0.15) is 16.8 Å². The van der Waals surface area contributed by atoms with Crippen LogP contribution in [0, 0.1) is 0 Å². The van der Waals surface area contributed by atoms with E-state index in [2.05, 4.69) is 35.9 Å². The van der Waals surface area contributed by atoms with E-state index in [1.54, 1.807) is 6.07 Å². The minimum absolute atomic E-state index is 0.115. The SMILES string of the molecule is O=C(Nc1ccc(OC(F)(F)Cl)cc1)c1cnc(N2C[C@H]3C[C@@H]2CO3)c(Br)c1. The van der Waals surface area contributed by atoms with Gasteiger partial charge in [0, 0.05) is 30.0 Å². The predicted octanol–water partition coefficient (Wildman–Crippen LogP) is 4.24. The quantitative estimate of drug-likeness (QED) is 0.657. The maximum atomic E-state index is 12.6. The van der Waals surface area contributed by atoms with Crippen molar-refractivity contribution in [1.29, 1.82) is 0 Å². The smallest absolute Gasteiger partial charge is 0.420 e. The number of benzene rings is 1. The molecule has 1 aromatic heterocycles. The first-order chi connectivity index (χ1) is 13.3. The number of aromatic nitrogens is 1. The summed E-state index contributed by atoms with van der Waals surface area (Å²) in [7, 11) is 0. The second-order valence-electron chi connectivity index (χ2n) is 6.55. The van der Waals surface area contributed by atoms with Crippen molar-refractivity contribution in [2.45, 2.75) is 24.1 Å². The van der Waals surface area contributed by atoms with Crippen molar-refractivity contribution in [3.63, 3.8) is 0 Å². The Kier molecular flexibility index (Phi) is 5.15. The highest BCUT2D eigenvalue weighted by Crippen LogP contribution is 2.35. The Hall–Kier alpha value is -1.97. The van der Waals surface area contributed by atoms with Crippen molar-refractivity contribution in [2.75, 3.05) is 23.4 Å². The minimum atomic E-state index is -3.79. The molecule has 1 N–H and O–H groups in total. The van der Waals surface area contributed by atoms with Gasteiger partial charge in [0.2, 0.25) is 0 Å². The minimum Gasteiger partial charge on any atom is -0.420 e. The summed E-state index contributed by atoms with van der Waals surface area (Å²) in [5, 5.41) is 2.68. The molecule has 0 spiro atoms. The molecule has 2 aliphatic rings. The molecule has 2 saturated heterocycles. The Morgan fingerprint density at radius 1 is 1.39 bits per heavy atom. The van der Waals surface area contributed by atoms with Crippen molar-refractivity contribution in [1.82, 2.24) is 4.98 Å². The van der Waals surface area contributed by atoms with Crippen LogP contribution in [0.25, 0.3) is 0 Å². The van der Waals surface area contributed by atoms with Gasteiger partial charge >= 0.3 is 5.57 Å². The Morgan fingerprint density at radius 3 is 2.71 bits per heavy atom. The monoisotopic (exact) mass is 473 g/mol. The molecule has 2 aliphatic heterocycles. The van der Waals surface area contributed by atoms with E-state index in [1.165, 1.54) is 30.5 Å². The Bertz CT molecular complexity index is 895. The highest BCUT2D eigenvalue weighted by Gasteiger charge is 2.40. The number of hydrogen-bond acceptors (Lipinski definition) is 5. The number of pyridine rings is 1. The number of anilines is 2. The summed E-state index contributed by atoms with van der Waals surface area (Å²) in [5.41, 5.74) is -3.00. The molecule has 0 aliphatic carbocycles. The largest absolute Gasteiger partial charge is 0.487 e. The third-order valence-corrected chi connectivity index (χ3v) is 5.26. The van der Waals surface area contributed by atoms with Gasteiger partial charge in [0.1, 0.15) is 11.6 Å². The van der Waals surface area contributed by atoms with Crippen molar-refractivity contribution in [2.24, 2.45) is 0 Å². The molecule has 1 amide bonds. The first-order valence-corrected chi connectivity index (χ1v) is 9.66. The van der Waals surface area contributed by atoms with Crippen LogP contribution in [-0.2, 0) is 4.74 Å². The summed E-state index contributed by atoms with van der Waals surface area (Å²) in [5.74, 6) is 0.300. The van der Waals surface area contributed by atoms with Crippen molar-refractivity contribution >= 4 is 44.9 Å².